The van der Waals surface area contributed by atoms with Gasteiger partial charge in [-0.3, -0.25) is 5.41 Å². The van der Waals surface area contributed by atoms with Gasteiger partial charge in [0.1, 0.15) is 16.9 Å². The largest absolute Gasteiger partial charge is 0.493 e. The first kappa shape index (κ1) is 22.1. The van der Waals surface area contributed by atoms with Gasteiger partial charge in [0.05, 0.1) is 26.1 Å². The molecule has 2 aromatic heterocycles. The summed E-state index contributed by atoms with van der Waals surface area (Å²) in [4.78, 5) is 11.7. The molecule has 3 aromatic rings. The molecule has 3 N–H and O–H groups in total. The van der Waals surface area contributed by atoms with Crippen LogP contribution in [0, 0.1) is 5.41 Å². The molecule has 4 rings (SSSR count). The van der Waals surface area contributed by atoms with Gasteiger partial charge >= 0.3 is 0 Å². The van der Waals surface area contributed by atoms with Gasteiger partial charge in [-0.25, -0.2) is 9.97 Å². The molecular formula is C21H28ClN5O3. The molecule has 1 fully saturated rings. The fraction of sp³-hybridized carbons (Fsp3) is 0.476. The highest BCUT2D eigenvalue weighted by molar-refractivity contribution is 5.85. The van der Waals surface area contributed by atoms with Crippen LogP contribution in [-0.2, 0) is 12.1 Å². The van der Waals surface area contributed by atoms with Crippen molar-refractivity contribution in [2.24, 2.45) is 0 Å². The molecule has 0 saturated heterocycles. The van der Waals surface area contributed by atoms with Crippen molar-refractivity contribution in [2.45, 2.75) is 57.8 Å². The zero-order valence-corrected chi connectivity index (χ0v) is 18.3. The van der Waals surface area contributed by atoms with Crippen molar-refractivity contribution in [1.29, 1.82) is 5.41 Å². The van der Waals surface area contributed by atoms with Crippen LogP contribution in [0.25, 0.3) is 11.2 Å². The maximum atomic E-state index is 10.3. The van der Waals surface area contributed by atoms with Gasteiger partial charge < -0.3 is 24.1 Å². The molecule has 0 aliphatic heterocycles. The molecule has 0 unspecified atom stereocenters. The van der Waals surface area contributed by atoms with E-state index < -0.39 is 5.60 Å². The summed E-state index contributed by atoms with van der Waals surface area (Å²) in [5.41, 5.74) is 1.06. The smallest absolute Gasteiger partial charge is 0.173 e. The molecule has 1 aliphatic rings. The number of aromatic nitrogens is 4. The van der Waals surface area contributed by atoms with Crippen molar-refractivity contribution in [3.05, 3.63) is 41.4 Å². The molecule has 1 aromatic carbocycles. The molecule has 1 aliphatic carbocycles. The third-order valence-electron chi connectivity index (χ3n) is 5.28. The average Bonchev–Trinajstić information content (AvgIpc) is 3.34. The van der Waals surface area contributed by atoms with Crippen LogP contribution < -0.4 is 15.0 Å². The van der Waals surface area contributed by atoms with Crippen LogP contribution in [0.15, 0.2) is 24.5 Å². The summed E-state index contributed by atoms with van der Waals surface area (Å²) in [7, 11) is 1.65. The molecular weight excluding hydrogens is 406 g/mol. The Labute approximate surface area is 181 Å². The highest BCUT2D eigenvalue weighted by atomic mass is 35.5. The van der Waals surface area contributed by atoms with Gasteiger partial charge in [-0.2, -0.15) is 0 Å². The number of ether oxygens (including phenoxy) is 2. The monoisotopic (exact) mass is 433 g/mol. The number of H-pyrrole nitrogens is 1. The lowest BCUT2D eigenvalue weighted by atomic mass is 10.1. The van der Waals surface area contributed by atoms with Crippen LogP contribution in [0.1, 0.15) is 50.9 Å². The maximum Gasteiger partial charge on any atom is 0.173 e. The Bertz CT molecular complexity index is 1080. The fourth-order valence-corrected chi connectivity index (χ4v) is 3.68. The van der Waals surface area contributed by atoms with Crippen LogP contribution in [0.4, 0.5) is 0 Å². The first-order chi connectivity index (χ1) is 13.8. The summed E-state index contributed by atoms with van der Waals surface area (Å²) in [6.07, 6.45) is 6.39. The van der Waals surface area contributed by atoms with E-state index in [2.05, 4.69) is 15.0 Å². The molecule has 9 heteroatoms. The molecule has 30 heavy (non-hydrogen) atoms. The van der Waals surface area contributed by atoms with Gasteiger partial charge in [0.2, 0.25) is 0 Å². The van der Waals surface area contributed by atoms with E-state index in [9.17, 15) is 5.11 Å². The summed E-state index contributed by atoms with van der Waals surface area (Å²) in [6, 6.07) is 5.89. The number of hydrogen-bond donors (Lipinski definition) is 3. The molecule has 0 atom stereocenters. The number of nitrogens with zero attached hydrogens (tertiary/aromatic N) is 3. The Balaban J connectivity index is 0.00000256. The quantitative estimate of drug-likeness (QED) is 0.552. The van der Waals surface area contributed by atoms with Gasteiger partial charge in [0.15, 0.2) is 22.6 Å². The second-order valence-electron chi connectivity index (χ2n) is 8.07. The molecule has 162 valence electrons. The zero-order valence-electron chi connectivity index (χ0n) is 17.4. The van der Waals surface area contributed by atoms with Crippen LogP contribution in [0.2, 0.25) is 0 Å². The van der Waals surface area contributed by atoms with Crippen molar-refractivity contribution in [1.82, 2.24) is 19.5 Å². The van der Waals surface area contributed by atoms with Crippen molar-refractivity contribution in [2.75, 3.05) is 7.11 Å². The summed E-state index contributed by atoms with van der Waals surface area (Å²) in [5, 5.41) is 18.3. The summed E-state index contributed by atoms with van der Waals surface area (Å²) >= 11 is 0. The second-order valence-corrected chi connectivity index (χ2v) is 8.07. The minimum absolute atomic E-state index is 0. The van der Waals surface area contributed by atoms with E-state index in [1.54, 1.807) is 27.3 Å². The SMILES string of the molecule is COc1ccc(Cn2cnc(=N)c3[nH]c(C(C)(C)O)nc32)cc1OC1CCCC1.Cl. The minimum Gasteiger partial charge on any atom is -0.493 e. The second kappa shape index (κ2) is 8.65. The summed E-state index contributed by atoms with van der Waals surface area (Å²) < 4.78 is 13.5. The van der Waals surface area contributed by atoms with Gasteiger partial charge in [-0.15, -0.1) is 12.4 Å². The molecule has 0 bridgehead atoms. The van der Waals surface area contributed by atoms with E-state index in [1.165, 1.54) is 12.8 Å². The number of imidazole rings is 1. The first-order valence-electron chi connectivity index (χ1n) is 9.91. The van der Waals surface area contributed by atoms with Gasteiger partial charge in [0, 0.05) is 0 Å². The Hall–Kier alpha value is -2.58. The third kappa shape index (κ3) is 4.44. The van der Waals surface area contributed by atoms with Crippen molar-refractivity contribution in [3.8, 4) is 11.5 Å². The van der Waals surface area contributed by atoms with Crippen molar-refractivity contribution >= 4 is 23.6 Å². The molecule has 8 nitrogen and oxygen atoms in total. The predicted octanol–water partition coefficient (Wildman–Crippen LogP) is 3.27. The standard InChI is InChI=1S/C21H27N5O3.ClH/c1-21(2,27)20-24-17-18(22)23-12-26(19(17)25-20)11-13-8-9-15(28-3)16(10-13)29-14-6-4-5-7-14;/h8-10,12,14,22,27H,4-7,11H2,1-3H3,(H,24,25);1H. The Morgan fingerprint density at radius 3 is 2.67 bits per heavy atom. The lowest BCUT2D eigenvalue weighted by Gasteiger charge is -2.17. The number of halogens is 1. The van der Waals surface area contributed by atoms with E-state index >= 15 is 0 Å². The lowest BCUT2D eigenvalue weighted by Crippen LogP contribution is -2.17. The predicted molar refractivity (Wildman–Crippen MR) is 115 cm³/mol. The van der Waals surface area contributed by atoms with Gasteiger partial charge in [-0.1, -0.05) is 6.07 Å². The number of hydrogen-bond acceptors (Lipinski definition) is 6. The summed E-state index contributed by atoms with van der Waals surface area (Å²) in [6.45, 7) is 3.81. The number of aromatic amines is 1. The number of rotatable bonds is 6. The highest BCUT2D eigenvalue weighted by Crippen LogP contribution is 2.32. The molecule has 0 amide bonds. The number of nitrogens with one attached hydrogen (secondary N) is 2. The highest BCUT2D eigenvalue weighted by Gasteiger charge is 2.22. The number of methoxy groups -OCH3 is 1. The zero-order chi connectivity index (χ0) is 20.6. The van der Waals surface area contributed by atoms with Crippen molar-refractivity contribution < 1.29 is 14.6 Å². The lowest BCUT2D eigenvalue weighted by molar-refractivity contribution is 0.0699. The number of aliphatic hydroxyl groups is 1. The molecule has 0 radical (unpaired) electrons. The van der Waals surface area contributed by atoms with Crippen molar-refractivity contribution in [3.63, 3.8) is 0 Å². The third-order valence-corrected chi connectivity index (χ3v) is 5.28. The molecule has 0 spiro atoms. The van der Waals surface area contributed by atoms with Crippen LogP contribution in [0.3, 0.4) is 0 Å². The molecule has 1 saturated carbocycles. The fourth-order valence-electron chi connectivity index (χ4n) is 3.68. The van der Waals surface area contributed by atoms with E-state index in [0.29, 0.717) is 23.5 Å². The molecule has 2 heterocycles. The number of fused-ring (bicyclic) bond motifs is 1. The van der Waals surface area contributed by atoms with Gasteiger partial charge in [0.25, 0.3) is 0 Å². The Morgan fingerprint density at radius 1 is 1.27 bits per heavy atom. The topological polar surface area (TPSA) is 109 Å². The first-order valence-corrected chi connectivity index (χ1v) is 9.91. The normalized spacial score (nSPS) is 14.7. The minimum atomic E-state index is -1.13. The van der Waals surface area contributed by atoms with Crippen LogP contribution in [-0.4, -0.2) is 37.8 Å². The number of benzene rings is 1. The Morgan fingerprint density at radius 2 is 2.00 bits per heavy atom. The van der Waals surface area contributed by atoms with Gasteiger partial charge in [-0.05, 0) is 57.2 Å². The average molecular weight is 434 g/mol. The van der Waals surface area contributed by atoms with E-state index in [4.69, 9.17) is 14.9 Å². The van der Waals surface area contributed by atoms with E-state index in [1.807, 2.05) is 22.8 Å². The van der Waals surface area contributed by atoms with E-state index in [0.717, 1.165) is 29.9 Å². The van der Waals surface area contributed by atoms with E-state index in [-0.39, 0.29) is 24.0 Å². The van der Waals surface area contributed by atoms with Crippen LogP contribution >= 0.6 is 12.4 Å². The maximum absolute atomic E-state index is 10.3. The summed E-state index contributed by atoms with van der Waals surface area (Å²) in [5.74, 6) is 1.88. The van der Waals surface area contributed by atoms with Crippen LogP contribution in [0.5, 0.6) is 11.5 Å². The Kier molecular flexibility index (Phi) is 6.38.